The van der Waals surface area contributed by atoms with Crippen molar-refractivity contribution in [2.45, 2.75) is 27.3 Å². The Labute approximate surface area is 170 Å². The summed E-state index contributed by atoms with van der Waals surface area (Å²) in [6, 6.07) is 8.20. The van der Waals surface area contributed by atoms with Gasteiger partial charge in [0.25, 0.3) is 5.56 Å². The van der Waals surface area contributed by atoms with Gasteiger partial charge in [0.2, 0.25) is 5.95 Å². The van der Waals surface area contributed by atoms with Crippen LogP contribution in [0.1, 0.15) is 25.0 Å². The fourth-order valence-electron chi connectivity index (χ4n) is 3.48. The summed E-state index contributed by atoms with van der Waals surface area (Å²) in [5, 5.41) is 3.37. The number of likely N-dealkylation sites (N-methyl/N-ethyl adjacent to an activating group) is 1. The summed E-state index contributed by atoms with van der Waals surface area (Å²) in [5.41, 5.74) is 2.37. The third-order valence-corrected chi connectivity index (χ3v) is 5.41. The number of rotatable bonds is 8. The van der Waals surface area contributed by atoms with Gasteiger partial charge >= 0.3 is 5.69 Å². The highest BCUT2D eigenvalue weighted by Crippen LogP contribution is 2.18. The Hall–Kier alpha value is -2.87. The van der Waals surface area contributed by atoms with Crippen LogP contribution in [0.25, 0.3) is 11.2 Å². The maximum Gasteiger partial charge on any atom is 0.332 e. The fourth-order valence-corrected chi connectivity index (χ4v) is 3.48. The summed E-state index contributed by atoms with van der Waals surface area (Å²) >= 11 is 0. The number of fused-ring (bicyclic) bond motifs is 1. The van der Waals surface area contributed by atoms with Gasteiger partial charge in [-0.1, -0.05) is 43.7 Å². The molecule has 156 valence electrons. The van der Waals surface area contributed by atoms with Gasteiger partial charge in [0.15, 0.2) is 11.2 Å². The minimum Gasteiger partial charge on any atom is -0.354 e. The maximum absolute atomic E-state index is 12.9. The number of aromatic nitrogens is 4. The molecule has 0 fully saturated rings. The molecule has 0 aliphatic carbocycles. The summed E-state index contributed by atoms with van der Waals surface area (Å²) < 4.78 is 4.44. The SMILES string of the molecule is CCN(CC)CCNc1nc2c(c(=O)n(C)c(=O)n2C)n1Cc1ccc(C)cc1. The maximum atomic E-state index is 12.9. The molecule has 0 aliphatic heterocycles. The van der Waals surface area contributed by atoms with Crippen molar-refractivity contribution in [3.05, 3.63) is 56.2 Å². The number of anilines is 1. The summed E-state index contributed by atoms with van der Waals surface area (Å²) in [5.74, 6) is 0.603. The lowest BCUT2D eigenvalue weighted by Crippen LogP contribution is -2.37. The van der Waals surface area contributed by atoms with Crippen molar-refractivity contribution in [3.63, 3.8) is 0 Å². The van der Waals surface area contributed by atoms with Crippen molar-refractivity contribution in [1.29, 1.82) is 0 Å². The predicted octanol–water partition coefficient (Wildman–Crippen LogP) is 1.54. The Morgan fingerprint density at radius 2 is 1.69 bits per heavy atom. The lowest BCUT2D eigenvalue weighted by atomic mass is 10.1. The Balaban J connectivity index is 2.07. The summed E-state index contributed by atoms with van der Waals surface area (Å²) in [4.78, 5) is 32.2. The van der Waals surface area contributed by atoms with E-state index in [1.54, 1.807) is 7.05 Å². The zero-order valence-electron chi connectivity index (χ0n) is 17.9. The van der Waals surface area contributed by atoms with Crippen LogP contribution in [-0.2, 0) is 20.6 Å². The second-order valence-electron chi connectivity index (χ2n) is 7.34. The molecule has 3 aromatic rings. The zero-order chi connectivity index (χ0) is 21.1. The minimum absolute atomic E-state index is 0.334. The number of benzene rings is 1. The second kappa shape index (κ2) is 8.65. The van der Waals surface area contributed by atoms with E-state index < -0.39 is 0 Å². The highest BCUT2D eigenvalue weighted by molar-refractivity contribution is 5.74. The fraction of sp³-hybridized carbons (Fsp3) is 0.476. The Bertz CT molecular complexity index is 1100. The number of nitrogens with zero attached hydrogens (tertiary/aromatic N) is 5. The van der Waals surface area contributed by atoms with Crippen LogP contribution in [0.5, 0.6) is 0 Å². The van der Waals surface area contributed by atoms with E-state index in [0.29, 0.717) is 30.2 Å². The first-order chi connectivity index (χ1) is 13.9. The van der Waals surface area contributed by atoms with Gasteiger partial charge in [-0.15, -0.1) is 0 Å². The summed E-state index contributed by atoms with van der Waals surface area (Å²) in [6.45, 7) is 10.3. The van der Waals surface area contributed by atoms with Crippen molar-refractivity contribution < 1.29 is 0 Å². The third-order valence-electron chi connectivity index (χ3n) is 5.41. The van der Waals surface area contributed by atoms with E-state index in [-0.39, 0.29) is 11.2 Å². The number of hydrogen-bond acceptors (Lipinski definition) is 5. The van der Waals surface area contributed by atoms with E-state index in [4.69, 9.17) is 0 Å². The quantitative estimate of drug-likeness (QED) is 0.623. The first kappa shape index (κ1) is 20.9. The highest BCUT2D eigenvalue weighted by Gasteiger charge is 2.19. The number of hydrogen-bond donors (Lipinski definition) is 1. The molecule has 0 atom stereocenters. The van der Waals surface area contributed by atoms with Crippen molar-refractivity contribution in [1.82, 2.24) is 23.6 Å². The van der Waals surface area contributed by atoms with Crippen LogP contribution in [0.15, 0.2) is 33.9 Å². The largest absolute Gasteiger partial charge is 0.354 e. The van der Waals surface area contributed by atoms with Crippen molar-refractivity contribution in [2.75, 3.05) is 31.5 Å². The molecule has 1 aromatic carbocycles. The third kappa shape index (κ3) is 4.12. The van der Waals surface area contributed by atoms with E-state index in [1.165, 1.54) is 17.2 Å². The smallest absolute Gasteiger partial charge is 0.332 e. The Morgan fingerprint density at radius 1 is 1.03 bits per heavy atom. The van der Waals surface area contributed by atoms with E-state index in [1.807, 2.05) is 23.6 Å². The van der Waals surface area contributed by atoms with Crippen LogP contribution in [0.2, 0.25) is 0 Å². The van der Waals surface area contributed by atoms with Gasteiger partial charge in [0, 0.05) is 27.2 Å². The second-order valence-corrected chi connectivity index (χ2v) is 7.34. The molecule has 0 saturated carbocycles. The van der Waals surface area contributed by atoms with E-state index >= 15 is 0 Å². The van der Waals surface area contributed by atoms with Crippen molar-refractivity contribution >= 4 is 17.1 Å². The molecule has 0 amide bonds. The lowest BCUT2D eigenvalue weighted by Gasteiger charge is -2.18. The van der Waals surface area contributed by atoms with Gasteiger partial charge in [0.1, 0.15) is 0 Å². The molecule has 1 N–H and O–H groups in total. The molecule has 8 nitrogen and oxygen atoms in total. The molecule has 3 rings (SSSR count). The molecule has 0 saturated heterocycles. The first-order valence-corrected chi connectivity index (χ1v) is 10.0. The normalized spacial score (nSPS) is 11.5. The molecule has 0 spiro atoms. The summed E-state index contributed by atoms with van der Waals surface area (Å²) in [7, 11) is 3.15. The standard InChI is InChI=1S/C21H30N6O2/c1-6-26(7-2)13-12-22-20-23-18-17(19(28)25(5)21(29)24(18)4)27(20)14-16-10-8-15(3)9-11-16/h8-11H,6-7,12-14H2,1-5H3,(H,22,23). The molecular formula is C21H30N6O2. The predicted molar refractivity (Wildman–Crippen MR) is 117 cm³/mol. The van der Waals surface area contributed by atoms with E-state index in [0.717, 1.165) is 29.8 Å². The number of imidazole rings is 1. The monoisotopic (exact) mass is 398 g/mol. The molecule has 2 heterocycles. The van der Waals surface area contributed by atoms with Gasteiger partial charge in [-0.3, -0.25) is 18.5 Å². The molecule has 0 aliphatic rings. The zero-order valence-corrected chi connectivity index (χ0v) is 17.9. The van der Waals surface area contributed by atoms with Crippen molar-refractivity contribution in [3.8, 4) is 0 Å². The Kier molecular flexibility index (Phi) is 6.22. The topological polar surface area (TPSA) is 77.1 Å². The molecule has 0 radical (unpaired) electrons. The average molecular weight is 399 g/mol. The molecule has 2 aromatic heterocycles. The highest BCUT2D eigenvalue weighted by atomic mass is 16.2. The minimum atomic E-state index is -0.378. The van der Waals surface area contributed by atoms with Crippen LogP contribution < -0.4 is 16.6 Å². The first-order valence-electron chi connectivity index (χ1n) is 10.0. The lowest BCUT2D eigenvalue weighted by molar-refractivity contribution is 0.315. The molecule has 8 heteroatoms. The van der Waals surface area contributed by atoms with Gasteiger partial charge in [-0.25, -0.2) is 4.79 Å². The van der Waals surface area contributed by atoms with Crippen LogP contribution in [0.4, 0.5) is 5.95 Å². The van der Waals surface area contributed by atoms with Crippen LogP contribution in [0.3, 0.4) is 0 Å². The molecule has 0 bridgehead atoms. The molecule has 29 heavy (non-hydrogen) atoms. The van der Waals surface area contributed by atoms with Gasteiger partial charge in [-0.2, -0.15) is 4.98 Å². The average Bonchev–Trinajstić information content (AvgIpc) is 3.08. The van der Waals surface area contributed by atoms with Gasteiger partial charge in [-0.05, 0) is 25.6 Å². The van der Waals surface area contributed by atoms with Crippen LogP contribution in [0, 0.1) is 6.92 Å². The number of aryl methyl sites for hydroxylation is 2. The summed E-state index contributed by atoms with van der Waals surface area (Å²) in [6.07, 6.45) is 0. The van der Waals surface area contributed by atoms with Crippen LogP contribution in [-0.4, -0.2) is 49.8 Å². The van der Waals surface area contributed by atoms with Crippen LogP contribution >= 0.6 is 0 Å². The van der Waals surface area contributed by atoms with E-state index in [2.05, 4.69) is 41.2 Å². The van der Waals surface area contributed by atoms with Gasteiger partial charge in [0.05, 0.1) is 6.54 Å². The molecular weight excluding hydrogens is 368 g/mol. The van der Waals surface area contributed by atoms with Gasteiger partial charge < -0.3 is 10.2 Å². The Morgan fingerprint density at radius 3 is 2.31 bits per heavy atom. The number of nitrogens with one attached hydrogen (secondary N) is 1. The van der Waals surface area contributed by atoms with Crippen molar-refractivity contribution in [2.24, 2.45) is 14.1 Å². The molecule has 0 unspecified atom stereocenters. The van der Waals surface area contributed by atoms with E-state index in [9.17, 15) is 9.59 Å².